The van der Waals surface area contributed by atoms with Gasteiger partial charge in [0.15, 0.2) is 0 Å². The number of hydrogen-bond acceptors (Lipinski definition) is 1. The summed E-state index contributed by atoms with van der Waals surface area (Å²) in [4.78, 5) is 11.6. The zero-order chi connectivity index (χ0) is 10.3. The first-order chi connectivity index (χ1) is 6.65. The predicted octanol–water partition coefficient (Wildman–Crippen LogP) is 2.08. The van der Waals surface area contributed by atoms with Crippen LogP contribution < -0.4 is 5.69 Å². The number of aromatic nitrogens is 2. The molecule has 0 aliphatic heterocycles. The number of aryl methyl sites for hydroxylation is 3. The lowest BCUT2D eigenvalue weighted by atomic mass is 10.1. The first-order valence-corrected chi connectivity index (χ1v) is 4.79. The van der Waals surface area contributed by atoms with E-state index in [1.165, 1.54) is 5.56 Å². The SMILES string of the molecule is C.CCc1ccc2c(c1)n(C)c(=O)n2C. The molecule has 0 unspecified atom stereocenters. The summed E-state index contributed by atoms with van der Waals surface area (Å²) in [7, 11) is 3.61. The maximum Gasteiger partial charge on any atom is 0.328 e. The third-order valence-corrected chi connectivity index (χ3v) is 2.74. The number of imidazole rings is 1. The Morgan fingerprint density at radius 3 is 2.33 bits per heavy atom. The van der Waals surface area contributed by atoms with Crippen molar-refractivity contribution in [3.8, 4) is 0 Å². The normalized spacial score (nSPS) is 10.3. The zero-order valence-electron chi connectivity index (χ0n) is 8.74. The predicted molar refractivity (Wildman–Crippen MR) is 64.3 cm³/mol. The zero-order valence-corrected chi connectivity index (χ0v) is 8.74. The minimum atomic E-state index is 0. The first kappa shape index (κ1) is 11.6. The highest BCUT2D eigenvalue weighted by molar-refractivity contribution is 5.76. The molecule has 0 aliphatic rings. The van der Waals surface area contributed by atoms with Crippen molar-refractivity contribution in [1.82, 2.24) is 9.13 Å². The Kier molecular flexibility index (Phi) is 3.03. The van der Waals surface area contributed by atoms with Crippen molar-refractivity contribution in [3.05, 3.63) is 34.2 Å². The van der Waals surface area contributed by atoms with E-state index in [2.05, 4.69) is 19.1 Å². The standard InChI is InChI=1S/C11H14N2O.CH4/c1-4-8-5-6-9-10(7-8)13(3)11(14)12(9)2;/h5-7H,4H2,1-3H3;1H4. The van der Waals surface area contributed by atoms with Gasteiger partial charge in [0.05, 0.1) is 11.0 Å². The lowest BCUT2D eigenvalue weighted by Gasteiger charge is -1.98. The molecule has 1 aromatic carbocycles. The lowest BCUT2D eigenvalue weighted by molar-refractivity contribution is 0.795. The van der Waals surface area contributed by atoms with Crippen molar-refractivity contribution in [1.29, 1.82) is 0 Å². The van der Waals surface area contributed by atoms with Crippen LogP contribution in [0, 0.1) is 0 Å². The van der Waals surface area contributed by atoms with E-state index in [0.717, 1.165) is 17.5 Å². The summed E-state index contributed by atoms with van der Waals surface area (Å²) in [5, 5.41) is 0. The molecule has 0 atom stereocenters. The average Bonchev–Trinajstić information content (AvgIpc) is 2.44. The van der Waals surface area contributed by atoms with Gasteiger partial charge in [0.25, 0.3) is 0 Å². The van der Waals surface area contributed by atoms with Crippen LogP contribution in [0.1, 0.15) is 19.9 Å². The van der Waals surface area contributed by atoms with Crippen molar-refractivity contribution in [2.45, 2.75) is 20.8 Å². The second-order valence-corrected chi connectivity index (χ2v) is 3.58. The van der Waals surface area contributed by atoms with Gasteiger partial charge in [-0.2, -0.15) is 0 Å². The molecule has 1 heterocycles. The molecule has 0 radical (unpaired) electrons. The van der Waals surface area contributed by atoms with Crippen LogP contribution in [0.15, 0.2) is 23.0 Å². The van der Waals surface area contributed by atoms with E-state index in [4.69, 9.17) is 0 Å². The second kappa shape index (κ2) is 3.93. The molecule has 82 valence electrons. The molecule has 0 amide bonds. The van der Waals surface area contributed by atoms with Crippen molar-refractivity contribution in [3.63, 3.8) is 0 Å². The van der Waals surface area contributed by atoms with E-state index in [0.29, 0.717) is 0 Å². The number of fused-ring (bicyclic) bond motifs is 1. The van der Waals surface area contributed by atoms with Crippen LogP contribution in [0.3, 0.4) is 0 Å². The van der Waals surface area contributed by atoms with E-state index in [1.807, 2.05) is 13.1 Å². The molecule has 2 aromatic rings. The summed E-state index contributed by atoms with van der Waals surface area (Å²) in [5.41, 5.74) is 3.30. The molecule has 3 nitrogen and oxygen atoms in total. The lowest BCUT2D eigenvalue weighted by Crippen LogP contribution is -2.19. The fraction of sp³-hybridized carbons (Fsp3) is 0.417. The molecule has 0 fully saturated rings. The number of benzene rings is 1. The van der Waals surface area contributed by atoms with Gasteiger partial charge in [-0.25, -0.2) is 4.79 Å². The van der Waals surface area contributed by atoms with Crippen LogP contribution in [0.5, 0.6) is 0 Å². The van der Waals surface area contributed by atoms with E-state index in [1.54, 1.807) is 16.2 Å². The summed E-state index contributed by atoms with van der Waals surface area (Å²) in [6.45, 7) is 2.11. The van der Waals surface area contributed by atoms with Gasteiger partial charge in [0, 0.05) is 14.1 Å². The number of nitrogens with zero attached hydrogens (tertiary/aromatic N) is 2. The molecule has 15 heavy (non-hydrogen) atoms. The minimum Gasteiger partial charge on any atom is -0.295 e. The molecular formula is C12H18N2O. The highest BCUT2D eigenvalue weighted by atomic mass is 16.1. The Bertz CT molecular complexity index is 534. The van der Waals surface area contributed by atoms with Crippen molar-refractivity contribution < 1.29 is 0 Å². The third kappa shape index (κ3) is 1.58. The molecule has 0 aliphatic carbocycles. The smallest absolute Gasteiger partial charge is 0.295 e. The van der Waals surface area contributed by atoms with Crippen LogP contribution in [-0.4, -0.2) is 9.13 Å². The Morgan fingerprint density at radius 2 is 1.73 bits per heavy atom. The second-order valence-electron chi connectivity index (χ2n) is 3.58. The molecule has 0 saturated carbocycles. The largest absolute Gasteiger partial charge is 0.328 e. The van der Waals surface area contributed by atoms with Gasteiger partial charge in [-0.05, 0) is 24.1 Å². The van der Waals surface area contributed by atoms with Crippen LogP contribution >= 0.6 is 0 Å². The molecular weight excluding hydrogens is 188 g/mol. The molecule has 0 saturated heterocycles. The quantitative estimate of drug-likeness (QED) is 0.701. The van der Waals surface area contributed by atoms with Crippen LogP contribution in [-0.2, 0) is 20.5 Å². The maximum absolute atomic E-state index is 11.6. The van der Waals surface area contributed by atoms with Gasteiger partial charge in [0.2, 0.25) is 0 Å². The first-order valence-electron chi connectivity index (χ1n) is 4.79. The third-order valence-electron chi connectivity index (χ3n) is 2.74. The molecule has 2 rings (SSSR count). The van der Waals surface area contributed by atoms with Gasteiger partial charge in [-0.15, -0.1) is 0 Å². The van der Waals surface area contributed by atoms with E-state index in [-0.39, 0.29) is 13.1 Å². The van der Waals surface area contributed by atoms with Gasteiger partial charge in [0.1, 0.15) is 0 Å². The van der Waals surface area contributed by atoms with E-state index in [9.17, 15) is 4.79 Å². The van der Waals surface area contributed by atoms with Crippen LogP contribution in [0.25, 0.3) is 11.0 Å². The van der Waals surface area contributed by atoms with Gasteiger partial charge < -0.3 is 0 Å². The summed E-state index contributed by atoms with van der Waals surface area (Å²) < 4.78 is 3.36. The fourth-order valence-electron chi connectivity index (χ4n) is 1.77. The van der Waals surface area contributed by atoms with Crippen molar-refractivity contribution in [2.24, 2.45) is 14.1 Å². The Morgan fingerprint density at radius 1 is 1.13 bits per heavy atom. The minimum absolute atomic E-state index is 0. The summed E-state index contributed by atoms with van der Waals surface area (Å²) in [5.74, 6) is 0. The Labute approximate surface area is 90.0 Å². The fourth-order valence-corrected chi connectivity index (χ4v) is 1.77. The Hall–Kier alpha value is -1.51. The number of rotatable bonds is 1. The molecule has 0 N–H and O–H groups in total. The molecule has 0 bridgehead atoms. The van der Waals surface area contributed by atoms with Crippen molar-refractivity contribution >= 4 is 11.0 Å². The summed E-state index contributed by atoms with van der Waals surface area (Å²) >= 11 is 0. The van der Waals surface area contributed by atoms with Crippen LogP contribution in [0.4, 0.5) is 0 Å². The monoisotopic (exact) mass is 206 g/mol. The average molecular weight is 206 g/mol. The van der Waals surface area contributed by atoms with Crippen LogP contribution in [0.2, 0.25) is 0 Å². The molecule has 3 heteroatoms. The molecule has 0 spiro atoms. The van der Waals surface area contributed by atoms with Crippen molar-refractivity contribution in [2.75, 3.05) is 0 Å². The maximum atomic E-state index is 11.6. The Balaban J connectivity index is 0.00000112. The summed E-state index contributed by atoms with van der Waals surface area (Å²) in [6, 6.07) is 6.16. The van der Waals surface area contributed by atoms with Gasteiger partial charge in [-0.1, -0.05) is 20.4 Å². The van der Waals surface area contributed by atoms with E-state index < -0.39 is 0 Å². The highest BCUT2D eigenvalue weighted by Crippen LogP contribution is 2.13. The van der Waals surface area contributed by atoms with E-state index >= 15 is 0 Å². The molecule has 1 aromatic heterocycles. The number of hydrogen-bond donors (Lipinski definition) is 0. The van der Waals surface area contributed by atoms with Gasteiger partial charge in [-0.3, -0.25) is 9.13 Å². The summed E-state index contributed by atoms with van der Waals surface area (Å²) in [6.07, 6.45) is 0.999. The topological polar surface area (TPSA) is 26.9 Å². The van der Waals surface area contributed by atoms with Gasteiger partial charge >= 0.3 is 5.69 Å². The highest BCUT2D eigenvalue weighted by Gasteiger charge is 2.06.